The highest BCUT2D eigenvalue weighted by atomic mass is 35.5. The maximum atomic E-state index is 12.9. The minimum Gasteiger partial charge on any atom is -0.490 e. The Bertz CT molecular complexity index is 811. The van der Waals surface area contributed by atoms with Crippen molar-refractivity contribution in [1.82, 2.24) is 16.0 Å². The van der Waals surface area contributed by atoms with Gasteiger partial charge in [0.2, 0.25) is 0 Å². The molecule has 7 nitrogen and oxygen atoms in total. The van der Waals surface area contributed by atoms with Gasteiger partial charge < -0.3 is 15.4 Å². The molecule has 1 aliphatic heterocycles. The van der Waals surface area contributed by atoms with Gasteiger partial charge in [0.1, 0.15) is 11.3 Å². The Morgan fingerprint density at radius 2 is 1.96 bits per heavy atom. The van der Waals surface area contributed by atoms with Crippen molar-refractivity contribution in [2.45, 2.75) is 69.1 Å². The number of carbonyl (C=O) groups is 3. The Kier molecular flexibility index (Phi) is 5.19. The summed E-state index contributed by atoms with van der Waals surface area (Å²) in [6.07, 6.45) is 7.22. The average molecular weight is 406 g/mol. The summed E-state index contributed by atoms with van der Waals surface area (Å²) in [6.45, 7) is 0. The standard InChI is InChI=1S/C20H24ClN3O4/c21-15-11-13(28-12-5-4-6-12)8-9-14(15)17(25)22-16-7-2-1-3-10-20(16)18(26)23-19(27)24-20/h8-9,11-12,16H,1-7,10H2,(H,22,25)(H2,23,24,26,27). The lowest BCUT2D eigenvalue weighted by Gasteiger charge is -2.33. The van der Waals surface area contributed by atoms with Crippen LogP contribution in [0.3, 0.4) is 0 Å². The first-order valence-electron chi connectivity index (χ1n) is 9.88. The Morgan fingerprint density at radius 1 is 1.14 bits per heavy atom. The molecular weight excluding hydrogens is 382 g/mol. The molecule has 4 amide bonds. The van der Waals surface area contributed by atoms with Crippen molar-refractivity contribution in [3.8, 4) is 5.75 Å². The lowest BCUT2D eigenvalue weighted by atomic mass is 9.85. The van der Waals surface area contributed by atoms with Crippen LogP contribution in [0.25, 0.3) is 0 Å². The summed E-state index contributed by atoms with van der Waals surface area (Å²) in [5.74, 6) is -0.0833. The summed E-state index contributed by atoms with van der Waals surface area (Å²) < 4.78 is 5.82. The number of hydrogen-bond donors (Lipinski definition) is 3. The zero-order valence-corrected chi connectivity index (χ0v) is 16.3. The van der Waals surface area contributed by atoms with Crippen molar-refractivity contribution < 1.29 is 19.1 Å². The van der Waals surface area contributed by atoms with Gasteiger partial charge in [0.05, 0.1) is 22.7 Å². The summed E-state index contributed by atoms with van der Waals surface area (Å²) >= 11 is 6.33. The van der Waals surface area contributed by atoms with Gasteiger partial charge >= 0.3 is 6.03 Å². The molecule has 1 aromatic rings. The van der Waals surface area contributed by atoms with Crippen LogP contribution in [0.1, 0.15) is 61.7 Å². The second-order valence-electron chi connectivity index (χ2n) is 7.82. The van der Waals surface area contributed by atoms with Crippen LogP contribution in [0.4, 0.5) is 4.79 Å². The van der Waals surface area contributed by atoms with Crippen molar-refractivity contribution in [2.24, 2.45) is 0 Å². The topological polar surface area (TPSA) is 96.5 Å². The maximum absolute atomic E-state index is 12.9. The molecule has 28 heavy (non-hydrogen) atoms. The van der Waals surface area contributed by atoms with E-state index in [9.17, 15) is 14.4 Å². The predicted molar refractivity (Wildman–Crippen MR) is 103 cm³/mol. The molecule has 1 spiro atoms. The molecule has 0 aromatic heterocycles. The second-order valence-corrected chi connectivity index (χ2v) is 8.22. The van der Waals surface area contributed by atoms with Crippen LogP contribution in [0.15, 0.2) is 18.2 Å². The van der Waals surface area contributed by atoms with Crippen molar-refractivity contribution in [2.75, 3.05) is 0 Å². The molecule has 2 saturated carbocycles. The van der Waals surface area contributed by atoms with Crippen LogP contribution in [0, 0.1) is 0 Å². The monoisotopic (exact) mass is 405 g/mol. The summed E-state index contributed by atoms with van der Waals surface area (Å²) in [4.78, 5) is 37.2. The van der Waals surface area contributed by atoms with E-state index >= 15 is 0 Å². The molecule has 3 fully saturated rings. The molecule has 0 radical (unpaired) electrons. The summed E-state index contributed by atoms with van der Waals surface area (Å²) in [7, 11) is 0. The van der Waals surface area contributed by atoms with E-state index in [2.05, 4.69) is 16.0 Å². The van der Waals surface area contributed by atoms with Crippen LogP contribution in [-0.2, 0) is 4.79 Å². The van der Waals surface area contributed by atoms with Crippen molar-refractivity contribution in [3.05, 3.63) is 28.8 Å². The lowest BCUT2D eigenvalue weighted by molar-refractivity contribution is -0.125. The highest BCUT2D eigenvalue weighted by Gasteiger charge is 2.52. The van der Waals surface area contributed by atoms with Crippen molar-refractivity contribution in [3.63, 3.8) is 0 Å². The van der Waals surface area contributed by atoms with Crippen LogP contribution in [0.2, 0.25) is 5.02 Å². The Balaban J connectivity index is 1.51. The molecule has 1 aromatic carbocycles. The molecule has 8 heteroatoms. The second kappa shape index (κ2) is 7.62. The molecule has 3 aliphatic rings. The minimum atomic E-state index is -1.09. The fourth-order valence-electron chi connectivity index (χ4n) is 4.14. The first-order chi connectivity index (χ1) is 13.5. The van der Waals surface area contributed by atoms with Crippen LogP contribution >= 0.6 is 11.6 Å². The van der Waals surface area contributed by atoms with E-state index in [1.807, 2.05) is 0 Å². The van der Waals surface area contributed by atoms with Crippen molar-refractivity contribution >= 4 is 29.4 Å². The number of amides is 4. The van der Waals surface area contributed by atoms with Crippen LogP contribution in [-0.4, -0.2) is 35.5 Å². The van der Waals surface area contributed by atoms with Gasteiger partial charge in [0.15, 0.2) is 0 Å². The molecule has 1 saturated heterocycles. The number of imide groups is 1. The van der Waals surface area contributed by atoms with E-state index in [0.717, 1.165) is 32.1 Å². The zero-order chi connectivity index (χ0) is 19.7. The normalized spacial score (nSPS) is 27.5. The fraction of sp³-hybridized carbons (Fsp3) is 0.550. The first kappa shape index (κ1) is 19.1. The van der Waals surface area contributed by atoms with Gasteiger partial charge in [0, 0.05) is 0 Å². The molecule has 3 N–H and O–H groups in total. The van der Waals surface area contributed by atoms with E-state index in [1.54, 1.807) is 18.2 Å². The fourth-order valence-corrected chi connectivity index (χ4v) is 4.40. The Hall–Kier alpha value is -2.28. The lowest BCUT2D eigenvalue weighted by Crippen LogP contribution is -2.62. The van der Waals surface area contributed by atoms with Crippen LogP contribution < -0.4 is 20.7 Å². The Labute approximate surface area is 168 Å². The number of carbonyl (C=O) groups excluding carboxylic acids is 3. The molecular formula is C20H24ClN3O4. The number of benzene rings is 1. The predicted octanol–water partition coefficient (Wildman–Crippen LogP) is 2.91. The van der Waals surface area contributed by atoms with E-state index < -0.39 is 17.6 Å². The third-order valence-corrected chi connectivity index (χ3v) is 6.29. The minimum absolute atomic E-state index is 0.228. The number of hydrogen-bond acceptors (Lipinski definition) is 4. The molecule has 2 atom stereocenters. The number of urea groups is 1. The van der Waals surface area contributed by atoms with E-state index in [-0.39, 0.29) is 17.9 Å². The number of rotatable bonds is 4. The molecule has 150 valence electrons. The quantitative estimate of drug-likeness (QED) is 0.671. The van der Waals surface area contributed by atoms with Gasteiger partial charge in [0.25, 0.3) is 11.8 Å². The van der Waals surface area contributed by atoms with Gasteiger partial charge in [-0.2, -0.15) is 0 Å². The number of halogens is 1. The van der Waals surface area contributed by atoms with Gasteiger partial charge in [-0.1, -0.05) is 30.9 Å². The highest BCUT2D eigenvalue weighted by Crippen LogP contribution is 2.32. The maximum Gasteiger partial charge on any atom is 0.322 e. The number of nitrogens with one attached hydrogen (secondary N) is 3. The largest absolute Gasteiger partial charge is 0.490 e. The first-order valence-corrected chi connectivity index (χ1v) is 10.3. The highest BCUT2D eigenvalue weighted by molar-refractivity contribution is 6.34. The SMILES string of the molecule is O=C1NC(=O)C2(CCCCCC2NC(=O)c2ccc(OC3CCC3)cc2Cl)N1. The van der Waals surface area contributed by atoms with E-state index in [0.29, 0.717) is 29.2 Å². The summed E-state index contributed by atoms with van der Waals surface area (Å²) in [5.41, 5.74) is -0.769. The van der Waals surface area contributed by atoms with Crippen LogP contribution in [0.5, 0.6) is 5.75 Å². The van der Waals surface area contributed by atoms with E-state index in [1.165, 1.54) is 6.42 Å². The van der Waals surface area contributed by atoms with Gasteiger partial charge in [-0.3, -0.25) is 14.9 Å². The molecule has 0 bridgehead atoms. The molecule has 1 heterocycles. The Morgan fingerprint density at radius 3 is 2.61 bits per heavy atom. The molecule has 2 unspecified atom stereocenters. The third kappa shape index (κ3) is 3.55. The van der Waals surface area contributed by atoms with Gasteiger partial charge in [-0.25, -0.2) is 4.79 Å². The number of ether oxygens (including phenoxy) is 1. The van der Waals surface area contributed by atoms with Gasteiger partial charge in [-0.15, -0.1) is 0 Å². The van der Waals surface area contributed by atoms with Gasteiger partial charge in [-0.05, 0) is 50.3 Å². The smallest absolute Gasteiger partial charge is 0.322 e. The average Bonchev–Trinajstić information content (AvgIpc) is 2.77. The third-order valence-electron chi connectivity index (χ3n) is 5.97. The summed E-state index contributed by atoms with van der Waals surface area (Å²) in [5, 5.41) is 8.32. The summed E-state index contributed by atoms with van der Waals surface area (Å²) in [6, 6.07) is 4.04. The zero-order valence-electron chi connectivity index (χ0n) is 15.6. The van der Waals surface area contributed by atoms with Crippen molar-refractivity contribution in [1.29, 1.82) is 0 Å². The van der Waals surface area contributed by atoms with E-state index in [4.69, 9.17) is 16.3 Å². The molecule has 2 aliphatic carbocycles. The molecule has 4 rings (SSSR count).